The van der Waals surface area contributed by atoms with Crippen LogP contribution in [0.25, 0.3) is 11.5 Å². The van der Waals surface area contributed by atoms with E-state index in [1.807, 2.05) is 0 Å². The van der Waals surface area contributed by atoms with Crippen LogP contribution in [0.15, 0.2) is 28.8 Å². The zero-order chi connectivity index (χ0) is 20.9. The fraction of sp³-hybridized carbons (Fsp3) is 0.444. The Bertz CT molecular complexity index is 949. The molecule has 0 radical (unpaired) electrons. The largest absolute Gasteiger partial charge is 0.392 e. The van der Waals surface area contributed by atoms with Gasteiger partial charge in [0.1, 0.15) is 11.9 Å². The summed E-state index contributed by atoms with van der Waals surface area (Å²) in [6, 6.07) is 4.39. The summed E-state index contributed by atoms with van der Waals surface area (Å²) < 4.78 is 56.5. The highest BCUT2D eigenvalue weighted by Gasteiger charge is 2.67. The van der Waals surface area contributed by atoms with Crippen molar-refractivity contribution in [3.8, 4) is 11.5 Å². The van der Waals surface area contributed by atoms with Crippen molar-refractivity contribution in [3.63, 3.8) is 0 Å². The second-order valence-electron chi connectivity index (χ2n) is 7.27. The molecule has 2 aromatic rings. The van der Waals surface area contributed by atoms with E-state index in [2.05, 4.69) is 15.5 Å². The Kier molecular flexibility index (Phi) is 4.55. The molecule has 4 rings (SSSR count). The van der Waals surface area contributed by atoms with Crippen LogP contribution in [0.5, 0.6) is 0 Å². The highest BCUT2D eigenvalue weighted by Crippen LogP contribution is 2.59. The molecule has 1 aliphatic carbocycles. The smallest absolute Gasteiger partial charge is 0.340 e. The van der Waals surface area contributed by atoms with Gasteiger partial charge in [-0.1, -0.05) is 11.2 Å². The number of hydrogen-bond donors (Lipinski definition) is 1. The molecule has 2 unspecified atom stereocenters. The summed E-state index contributed by atoms with van der Waals surface area (Å²) in [4.78, 5) is 29.9. The third kappa shape index (κ3) is 3.68. The summed E-state index contributed by atoms with van der Waals surface area (Å²) in [6.45, 7) is 1.48. The maximum atomic E-state index is 13.3. The van der Waals surface area contributed by atoms with Crippen LogP contribution < -0.4 is 5.32 Å². The number of nitrogens with zero attached hydrogens (tertiary/aromatic N) is 3. The lowest BCUT2D eigenvalue weighted by Gasteiger charge is -2.24. The first kappa shape index (κ1) is 19.3. The molecule has 2 aliphatic rings. The van der Waals surface area contributed by atoms with E-state index < -0.39 is 47.6 Å². The standard InChI is InChI=1S/C18H16F4N4O3/c1-8(17(28)26-6-11-12(7-26)13(11)18(20,21)22)23-15(27)14-24-16(29-25-14)9-3-2-4-10(19)5-9/h2-5,8,11-13H,6-7H2,1H3,(H,23,27)/t8-,11-,12?,13?/m1/s1. The van der Waals surface area contributed by atoms with Gasteiger partial charge in [0.15, 0.2) is 0 Å². The summed E-state index contributed by atoms with van der Waals surface area (Å²) in [7, 11) is 0. The Morgan fingerprint density at radius 2 is 1.97 bits per heavy atom. The maximum Gasteiger partial charge on any atom is 0.392 e. The van der Waals surface area contributed by atoms with E-state index in [-0.39, 0.29) is 30.4 Å². The van der Waals surface area contributed by atoms with Crippen LogP contribution in [-0.4, -0.2) is 52.2 Å². The van der Waals surface area contributed by atoms with Gasteiger partial charge in [0.25, 0.3) is 17.6 Å². The molecular formula is C18H16F4N4O3. The van der Waals surface area contributed by atoms with Crippen molar-refractivity contribution in [3.05, 3.63) is 35.9 Å². The Morgan fingerprint density at radius 1 is 1.28 bits per heavy atom. The van der Waals surface area contributed by atoms with Gasteiger partial charge in [-0.2, -0.15) is 18.2 Å². The molecule has 4 atom stereocenters. The Hall–Kier alpha value is -2.98. The Labute approximate surface area is 162 Å². The molecule has 1 N–H and O–H groups in total. The SMILES string of the molecule is C[C@@H](NC(=O)c1noc(-c2cccc(F)c2)n1)C(=O)N1CC2C(C(F)(F)F)[C@@H]2C1. The normalized spacial score (nSPS) is 24.2. The molecule has 1 aliphatic heterocycles. The number of fused-ring (bicyclic) bond motifs is 1. The van der Waals surface area contributed by atoms with Gasteiger partial charge in [-0.3, -0.25) is 9.59 Å². The lowest BCUT2D eigenvalue weighted by molar-refractivity contribution is -0.159. The molecule has 1 saturated heterocycles. The van der Waals surface area contributed by atoms with E-state index in [1.54, 1.807) is 0 Å². The number of aromatic nitrogens is 2. The second-order valence-corrected chi connectivity index (χ2v) is 7.27. The van der Waals surface area contributed by atoms with Gasteiger partial charge in [-0.15, -0.1) is 0 Å². The highest BCUT2D eigenvalue weighted by atomic mass is 19.4. The third-order valence-corrected chi connectivity index (χ3v) is 5.30. The van der Waals surface area contributed by atoms with Crippen molar-refractivity contribution < 1.29 is 31.7 Å². The van der Waals surface area contributed by atoms with Crippen LogP contribution >= 0.6 is 0 Å². The predicted molar refractivity (Wildman–Crippen MR) is 89.7 cm³/mol. The molecule has 7 nitrogen and oxygen atoms in total. The van der Waals surface area contributed by atoms with Gasteiger partial charge in [-0.05, 0) is 37.0 Å². The highest BCUT2D eigenvalue weighted by molar-refractivity contribution is 5.94. The molecule has 2 amide bonds. The molecule has 29 heavy (non-hydrogen) atoms. The quantitative estimate of drug-likeness (QED) is 0.779. The van der Waals surface area contributed by atoms with Gasteiger partial charge in [-0.25, -0.2) is 4.39 Å². The number of benzene rings is 1. The van der Waals surface area contributed by atoms with Crippen molar-refractivity contribution in [1.29, 1.82) is 0 Å². The predicted octanol–water partition coefficient (Wildman–Crippen LogP) is 2.26. The first-order valence-corrected chi connectivity index (χ1v) is 8.91. The van der Waals surface area contributed by atoms with Crippen LogP contribution in [0.3, 0.4) is 0 Å². The maximum absolute atomic E-state index is 13.3. The minimum absolute atomic E-state index is 0.0276. The van der Waals surface area contributed by atoms with E-state index in [9.17, 15) is 27.2 Å². The average Bonchev–Trinajstić information content (AvgIpc) is 3.01. The number of halogens is 4. The molecular weight excluding hydrogens is 396 g/mol. The number of piperidine rings is 1. The minimum atomic E-state index is -4.23. The van der Waals surface area contributed by atoms with Crippen LogP contribution in [0, 0.1) is 23.6 Å². The summed E-state index contributed by atoms with van der Waals surface area (Å²) >= 11 is 0. The summed E-state index contributed by atoms with van der Waals surface area (Å²) in [6.07, 6.45) is -4.23. The molecule has 1 aromatic carbocycles. The summed E-state index contributed by atoms with van der Waals surface area (Å²) in [5.74, 6) is -4.63. The first-order valence-electron chi connectivity index (χ1n) is 8.91. The van der Waals surface area contributed by atoms with Crippen LogP contribution in [-0.2, 0) is 4.79 Å². The van der Waals surface area contributed by atoms with Crippen molar-refractivity contribution in [2.24, 2.45) is 17.8 Å². The fourth-order valence-electron chi connectivity index (χ4n) is 3.84. The number of amides is 2. The third-order valence-electron chi connectivity index (χ3n) is 5.30. The molecule has 11 heteroatoms. The lowest BCUT2D eigenvalue weighted by Crippen LogP contribution is -2.47. The van der Waals surface area contributed by atoms with Crippen LogP contribution in [0.4, 0.5) is 17.6 Å². The lowest BCUT2D eigenvalue weighted by atomic mass is 10.2. The number of likely N-dealkylation sites (tertiary alicyclic amines) is 1. The zero-order valence-electron chi connectivity index (χ0n) is 15.1. The molecule has 0 spiro atoms. The molecule has 1 saturated carbocycles. The van der Waals surface area contributed by atoms with E-state index >= 15 is 0 Å². The summed E-state index contributed by atoms with van der Waals surface area (Å²) in [5.41, 5.74) is 0.288. The van der Waals surface area contributed by atoms with Crippen molar-refractivity contribution in [2.75, 3.05) is 13.1 Å². The van der Waals surface area contributed by atoms with E-state index in [4.69, 9.17) is 4.52 Å². The number of rotatable bonds is 4. The van der Waals surface area contributed by atoms with Gasteiger partial charge < -0.3 is 14.7 Å². The average molecular weight is 412 g/mol. The Morgan fingerprint density at radius 3 is 2.59 bits per heavy atom. The van der Waals surface area contributed by atoms with E-state index in [0.717, 1.165) is 6.07 Å². The van der Waals surface area contributed by atoms with Gasteiger partial charge >= 0.3 is 6.18 Å². The molecule has 1 aromatic heterocycles. The molecule has 0 bridgehead atoms. The van der Waals surface area contributed by atoms with Crippen molar-refractivity contribution in [2.45, 2.75) is 19.1 Å². The molecule has 2 fully saturated rings. The number of carbonyl (C=O) groups is 2. The Balaban J connectivity index is 1.34. The topological polar surface area (TPSA) is 88.3 Å². The van der Waals surface area contributed by atoms with E-state index in [0.29, 0.717) is 0 Å². The molecule has 154 valence electrons. The number of nitrogens with one attached hydrogen (secondary N) is 1. The van der Waals surface area contributed by atoms with Crippen LogP contribution in [0.1, 0.15) is 17.5 Å². The zero-order valence-corrected chi connectivity index (χ0v) is 15.1. The first-order chi connectivity index (χ1) is 13.6. The van der Waals surface area contributed by atoms with Gasteiger partial charge in [0.2, 0.25) is 5.91 Å². The van der Waals surface area contributed by atoms with Gasteiger partial charge in [0, 0.05) is 18.7 Å². The fourth-order valence-corrected chi connectivity index (χ4v) is 3.84. The number of hydrogen-bond acceptors (Lipinski definition) is 5. The molecule has 2 heterocycles. The minimum Gasteiger partial charge on any atom is -0.340 e. The van der Waals surface area contributed by atoms with Crippen molar-refractivity contribution >= 4 is 11.8 Å². The van der Waals surface area contributed by atoms with E-state index in [1.165, 1.54) is 30.0 Å². The number of alkyl halides is 3. The summed E-state index contributed by atoms with van der Waals surface area (Å²) in [5, 5.41) is 5.93. The second kappa shape index (κ2) is 6.82. The monoisotopic (exact) mass is 412 g/mol. The number of carbonyl (C=O) groups excluding carboxylic acids is 2. The van der Waals surface area contributed by atoms with Crippen LogP contribution in [0.2, 0.25) is 0 Å². The van der Waals surface area contributed by atoms with Gasteiger partial charge in [0.05, 0.1) is 5.92 Å². The van der Waals surface area contributed by atoms with Crippen molar-refractivity contribution in [1.82, 2.24) is 20.4 Å².